The minimum absolute atomic E-state index is 0.0216. The van der Waals surface area contributed by atoms with Gasteiger partial charge in [-0.3, -0.25) is 9.59 Å². The Labute approximate surface area is 210 Å². The predicted octanol–water partition coefficient (Wildman–Crippen LogP) is 6.02. The van der Waals surface area contributed by atoms with E-state index >= 15 is 0 Å². The zero-order chi connectivity index (χ0) is 24.5. The molecule has 3 aromatic carbocycles. The van der Waals surface area contributed by atoms with Gasteiger partial charge in [0.2, 0.25) is 0 Å². The Morgan fingerprint density at radius 2 is 1.89 bits per heavy atom. The third-order valence-corrected chi connectivity index (χ3v) is 7.89. The smallest absolute Gasteiger partial charge is 0.304 e. The Bertz CT molecular complexity index is 1290. The summed E-state index contributed by atoms with van der Waals surface area (Å²) < 4.78 is 8.42. The first-order valence-corrected chi connectivity index (χ1v) is 12.8. The van der Waals surface area contributed by atoms with Crippen LogP contribution in [0.2, 0.25) is 0 Å². The molecule has 1 N–H and O–H groups in total. The first-order valence-electron chi connectivity index (χ1n) is 12.0. The first kappa shape index (κ1) is 23.6. The summed E-state index contributed by atoms with van der Waals surface area (Å²) in [5.74, 6) is -0.110. The van der Waals surface area contributed by atoms with Crippen molar-refractivity contribution in [1.82, 2.24) is 4.31 Å². The van der Waals surface area contributed by atoms with E-state index in [-0.39, 0.29) is 24.2 Å². The highest BCUT2D eigenvalue weighted by atomic mass is 32.2. The zero-order valence-corrected chi connectivity index (χ0v) is 20.8. The lowest BCUT2D eigenvalue weighted by atomic mass is 9.85. The maximum atomic E-state index is 12.3. The summed E-state index contributed by atoms with van der Waals surface area (Å²) in [6.45, 7) is 5.66. The van der Waals surface area contributed by atoms with E-state index in [0.717, 1.165) is 58.0 Å². The molecule has 2 aliphatic rings. The van der Waals surface area contributed by atoms with E-state index in [1.807, 2.05) is 42.5 Å². The summed E-state index contributed by atoms with van der Waals surface area (Å²) >= 11 is 1.70. The Hall–Kier alpha value is -3.09. The van der Waals surface area contributed by atoms with Crippen LogP contribution in [-0.2, 0) is 17.8 Å². The second-order valence-electron chi connectivity index (χ2n) is 9.47. The maximum Gasteiger partial charge on any atom is 0.304 e. The van der Waals surface area contributed by atoms with Crippen molar-refractivity contribution in [3.05, 3.63) is 94.0 Å². The first-order chi connectivity index (χ1) is 16.9. The van der Waals surface area contributed by atoms with Crippen LogP contribution in [0.25, 0.3) is 0 Å². The minimum atomic E-state index is -0.852. The summed E-state index contributed by atoms with van der Waals surface area (Å²) in [7, 11) is 0. The Morgan fingerprint density at radius 3 is 2.71 bits per heavy atom. The molecule has 5 nitrogen and oxygen atoms in total. The minimum Gasteiger partial charge on any atom is -0.488 e. The molecule has 0 radical (unpaired) electrons. The molecule has 0 spiro atoms. The number of hydrogen-bond donors (Lipinski definition) is 1. The standard InChI is InChI=1S/C29H29NO4S/c1-18-7-8-21(24(15-29(32)33)22-10-9-20-11-12-26(31)25(20)14-22)13-23(18)17-30-16-19(2)34-27-5-3-4-6-28(27)35-30/h3-10,13-14,19,24H,11-12,15-17H2,1-2H3,(H,32,33)/t19-,24?/m1/s1. The van der Waals surface area contributed by atoms with Crippen LogP contribution in [0.15, 0.2) is 65.6 Å². The van der Waals surface area contributed by atoms with Gasteiger partial charge in [-0.15, -0.1) is 0 Å². The fourth-order valence-electron chi connectivity index (χ4n) is 4.98. The molecule has 0 aromatic heterocycles. The summed E-state index contributed by atoms with van der Waals surface area (Å²) in [6.07, 6.45) is 1.34. The van der Waals surface area contributed by atoms with Crippen LogP contribution in [0.3, 0.4) is 0 Å². The largest absolute Gasteiger partial charge is 0.488 e. The van der Waals surface area contributed by atoms with E-state index < -0.39 is 5.97 Å². The molecular weight excluding hydrogens is 458 g/mol. The van der Waals surface area contributed by atoms with E-state index in [1.54, 1.807) is 11.9 Å². The summed E-state index contributed by atoms with van der Waals surface area (Å²) in [4.78, 5) is 25.2. The fourth-order valence-corrected chi connectivity index (χ4v) is 6.09. The molecular formula is C29H29NO4S. The van der Waals surface area contributed by atoms with Crippen molar-refractivity contribution in [2.75, 3.05) is 6.54 Å². The Balaban J connectivity index is 1.46. The average Bonchev–Trinajstić information content (AvgIpc) is 3.11. The maximum absolute atomic E-state index is 12.3. The highest BCUT2D eigenvalue weighted by molar-refractivity contribution is 7.97. The molecule has 3 aromatic rings. The van der Waals surface area contributed by atoms with E-state index in [2.05, 4.69) is 36.4 Å². The van der Waals surface area contributed by atoms with Gasteiger partial charge in [0.05, 0.1) is 11.3 Å². The van der Waals surface area contributed by atoms with Gasteiger partial charge in [0.15, 0.2) is 5.78 Å². The number of carbonyl (C=O) groups is 2. The highest BCUT2D eigenvalue weighted by Gasteiger charge is 2.25. The number of ketones is 1. The van der Waals surface area contributed by atoms with Crippen molar-refractivity contribution in [1.29, 1.82) is 0 Å². The molecule has 2 atom stereocenters. The summed E-state index contributed by atoms with van der Waals surface area (Å²) in [5, 5.41) is 9.70. The Kier molecular flexibility index (Phi) is 6.67. The summed E-state index contributed by atoms with van der Waals surface area (Å²) in [6, 6.07) is 20.2. The zero-order valence-electron chi connectivity index (χ0n) is 20.0. The molecule has 0 bridgehead atoms. The average molecular weight is 488 g/mol. The fraction of sp³-hybridized carbons (Fsp3) is 0.310. The van der Waals surface area contributed by atoms with Gasteiger partial charge in [0.25, 0.3) is 0 Å². The summed E-state index contributed by atoms with van der Waals surface area (Å²) in [5.41, 5.74) is 5.98. The SMILES string of the molecule is Cc1ccc(C(CC(=O)O)c2ccc3c(c2)C(=O)CC3)cc1CN1C[C@@H](C)Oc2ccccc2S1. The van der Waals surface area contributed by atoms with Gasteiger partial charge in [-0.05, 0) is 78.2 Å². The van der Waals surface area contributed by atoms with E-state index in [1.165, 1.54) is 5.56 Å². The second kappa shape index (κ2) is 9.88. The van der Waals surface area contributed by atoms with Crippen molar-refractivity contribution in [2.45, 2.75) is 56.6 Å². The molecule has 35 heavy (non-hydrogen) atoms. The Morgan fingerprint density at radius 1 is 1.11 bits per heavy atom. The van der Waals surface area contributed by atoms with E-state index in [9.17, 15) is 14.7 Å². The molecule has 180 valence electrons. The van der Waals surface area contributed by atoms with Gasteiger partial charge in [-0.25, -0.2) is 4.31 Å². The van der Waals surface area contributed by atoms with Gasteiger partial charge in [0, 0.05) is 31.0 Å². The van der Waals surface area contributed by atoms with Gasteiger partial charge >= 0.3 is 5.97 Å². The third-order valence-electron chi connectivity index (χ3n) is 6.82. The van der Waals surface area contributed by atoms with Gasteiger partial charge < -0.3 is 9.84 Å². The monoisotopic (exact) mass is 487 g/mol. The number of rotatable bonds is 6. The molecule has 0 saturated heterocycles. The molecule has 1 unspecified atom stereocenters. The predicted molar refractivity (Wildman–Crippen MR) is 137 cm³/mol. The number of aliphatic carboxylic acids is 1. The number of ether oxygens (including phenoxy) is 1. The van der Waals surface area contributed by atoms with Crippen molar-refractivity contribution in [3.63, 3.8) is 0 Å². The lowest BCUT2D eigenvalue weighted by molar-refractivity contribution is -0.137. The number of carboxylic acids is 1. The lowest BCUT2D eigenvalue weighted by Gasteiger charge is -2.23. The number of fused-ring (bicyclic) bond motifs is 2. The number of nitrogens with zero attached hydrogens (tertiary/aromatic N) is 1. The quantitative estimate of drug-likeness (QED) is 0.429. The molecule has 0 saturated carbocycles. The molecule has 1 aliphatic carbocycles. The van der Waals surface area contributed by atoms with Crippen LogP contribution >= 0.6 is 11.9 Å². The van der Waals surface area contributed by atoms with Crippen LogP contribution in [0, 0.1) is 6.92 Å². The number of hydrogen-bond acceptors (Lipinski definition) is 5. The number of aryl methyl sites for hydroxylation is 2. The van der Waals surface area contributed by atoms with Crippen LogP contribution in [0.1, 0.15) is 63.9 Å². The second-order valence-corrected chi connectivity index (χ2v) is 10.6. The molecule has 0 amide bonds. The van der Waals surface area contributed by atoms with Crippen LogP contribution < -0.4 is 4.74 Å². The number of carboxylic acid groups (broad SMARTS) is 1. The molecule has 6 heteroatoms. The van der Waals surface area contributed by atoms with E-state index in [0.29, 0.717) is 6.42 Å². The van der Waals surface area contributed by atoms with Crippen molar-refractivity contribution >= 4 is 23.7 Å². The van der Waals surface area contributed by atoms with Crippen molar-refractivity contribution in [2.24, 2.45) is 0 Å². The van der Waals surface area contributed by atoms with Crippen LogP contribution in [-0.4, -0.2) is 33.8 Å². The van der Waals surface area contributed by atoms with Crippen LogP contribution in [0.4, 0.5) is 0 Å². The number of benzene rings is 3. The van der Waals surface area contributed by atoms with Crippen LogP contribution in [0.5, 0.6) is 5.75 Å². The number of carbonyl (C=O) groups excluding carboxylic acids is 1. The molecule has 1 heterocycles. The van der Waals surface area contributed by atoms with Gasteiger partial charge in [-0.2, -0.15) is 0 Å². The highest BCUT2D eigenvalue weighted by Crippen LogP contribution is 2.37. The van der Waals surface area contributed by atoms with Crippen molar-refractivity contribution < 1.29 is 19.4 Å². The lowest BCUT2D eigenvalue weighted by Crippen LogP contribution is -2.27. The van der Waals surface area contributed by atoms with Gasteiger partial charge in [-0.1, -0.05) is 42.5 Å². The number of para-hydroxylation sites is 1. The topological polar surface area (TPSA) is 66.8 Å². The van der Waals surface area contributed by atoms with Crippen molar-refractivity contribution in [3.8, 4) is 5.75 Å². The van der Waals surface area contributed by atoms with E-state index in [4.69, 9.17) is 4.74 Å². The molecule has 0 fully saturated rings. The molecule has 1 aliphatic heterocycles. The normalized spacial score (nSPS) is 18.3. The third kappa shape index (κ3) is 5.14. The molecule has 5 rings (SSSR count). The number of Topliss-reactive ketones (excluding diaryl/α,β-unsaturated/α-hetero) is 1. The van der Waals surface area contributed by atoms with Gasteiger partial charge in [0.1, 0.15) is 11.9 Å².